The van der Waals surface area contributed by atoms with E-state index >= 15 is 0 Å². The Bertz CT molecular complexity index is 1590. The van der Waals surface area contributed by atoms with Gasteiger partial charge in [0.15, 0.2) is 0 Å². The van der Waals surface area contributed by atoms with Crippen molar-refractivity contribution in [2.45, 2.75) is 34.1 Å². The average Bonchev–Trinajstić information content (AvgIpc) is 2.95. The third kappa shape index (κ3) is 6.61. The van der Waals surface area contributed by atoms with Crippen LogP contribution in [0, 0.1) is 13.8 Å². The van der Waals surface area contributed by atoms with E-state index in [1.165, 1.54) is 0 Å². The van der Waals surface area contributed by atoms with Crippen LogP contribution in [-0.2, 0) is 4.74 Å². The van der Waals surface area contributed by atoms with Crippen molar-refractivity contribution in [3.8, 4) is 11.3 Å². The number of rotatable bonds is 9. The zero-order chi connectivity index (χ0) is 28.8. The molecule has 40 heavy (non-hydrogen) atoms. The molecule has 0 bridgehead atoms. The van der Waals surface area contributed by atoms with E-state index in [1.807, 2.05) is 52.0 Å². The van der Waals surface area contributed by atoms with Crippen LogP contribution in [0.1, 0.15) is 52.1 Å². The molecule has 7 heteroatoms. The molecular formula is C33H34N4O3. The van der Waals surface area contributed by atoms with Crippen LogP contribution in [0.4, 0.5) is 5.69 Å². The van der Waals surface area contributed by atoms with E-state index in [1.54, 1.807) is 54.7 Å². The summed E-state index contributed by atoms with van der Waals surface area (Å²) in [6, 6.07) is 16.5. The van der Waals surface area contributed by atoms with Gasteiger partial charge in [-0.15, -0.1) is 0 Å². The van der Waals surface area contributed by atoms with Crippen LogP contribution in [0.3, 0.4) is 0 Å². The van der Waals surface area contributed by atoms with Gasteiger partial charge in [0.25, 0.3) is 11.8 Å². The van der Waals surface area contributed by atoms with Crippen molar-refractivity contribution in [3.63, 3.8) is 0 Å². The number of anilines is 1. The molecule has 0 saturated carbocycles. The maximum absolute atomic E-state index is 13.6. The van der Waals surface area contributed by atoms with Crippen molar-refractivity contribution in [2.24, 2.45) is 0 Å². The van der Waals surface area contributed by atoms with Crippen molar-refractivity contribution >= 4 is 28.4 Å². The van der Waals surface area contributed by atoms with Crippen molar-refractivity contribution in [3.05, 3.63) is 113 Å². The maximum atomic E-state index is 13.6. The van der Waals surface area contributed by atoms with Gasteiger partial charge in [-0.3, -0.25) is 14.6 Å². The first-order chi connectivity index (χ1) is 19.2. The first-order valence-electron chi connectivity index (χ1n) is 13.1. The zero-order valence-electron chi connectivity index (χ0n) is 23.6. The molecule has 0 saturated heterocycles. The number of aryl methyl sites for hydroxylation is 2. The number of pyridine rings is 2. The minimum absolute atomic E-state index is 0.124. The molecule has 0 fully saturated rings. The number of nitrogens with zero attached hydrogens (tertiary/aromatic N) is 3. The lowest BCUT2D eigenvalue weighted by atomic mass is 9.99. The number of amides is 2. The molecule has 0 aliphatic heterocycles. The summed E-state index contributed by atoms with van der Waals surface area (Å²) in [7, 11) is 1.74. The lowest BCUT2D eigenvalue weighted by Crippen LogP contribution is -2.28. The lowest BCUT2D eigenvalue weighted by Gasteiger charge is -2.18. The second-order valence-electron chi connectivity index (χ2n) is 9.82. The molecule has 0 radical (unpaired) electrons. The molecule has 2 amide bonds. The average molecular weight is 535 g/mol. The minimum atomic E-state index is -0.256. The molecule has 0 aliphatic rings. The molecular weight excluding hydrogens is 500 g/mol. The molecule has 4 aromatic rings. The Hall–Kier alpha value is -4.78. The zero-order valence-corrected chi connectivity index (χ0v) is 23.6. The second kappa shape index (κ2) is 12.4. The van der Waals surface area contributed by atoms with Gasteiger partial charge >= 0.3 is 0 Å². The number of fused-ring (bicyclic) bond motifs is 1. The standard InChI is InChI=1S/C33H34N4O3/c1-7-23(4)40-24(5)14-16-37(6)33(39)25-10-12-27(13-11-25)35-32(38)29-19-30(26-9-8-15-34-20-26)36-31-22(3)17-21(2)18-28(29)31/h7-13,15,17-20H,5,14,16H2,1-4,6H3,(H,35,38)/b23-7-. The van der Waals surface area contributed by atoms with Gasteiger partial charge in [0, 0.05) is 54.6 Å². The van der Waals surface area contributed by atoms with Crippen molar-refractivity contribution in [2.75, 3.05) is 18.9 Å². The molecule has 0 unspecified atom stereocenters. The summed E-state index contributed by atoms with van der Waals surface area (Å²) >= 11 is 0. The van der Waals surface area contributed by atoms with Crippen molar-refractivity contribution < 1.29 is 14.3 Å². The number of aromatic nitrogens is 2. The topological polar surface area (TPSA) is 84.4 Å². The van der Waals surface area contributed by atoms with Crippen LogP contribution >= 0.6 is 0 Å². The fourth-order valence-electron chi connectivity index (χ4n) is 4.38. The Morgan fingerprint density at radius 2 is 1.85 bits per heavy atom. The molecule has 0 spiro atoms. The molecule has 2 aromatic carbocycles. The highest BCUT2D eigenvalue weighted by Crippen LogP contribution is 2.28. The van der Waals surface area contributed by atoms with Crippen LogP contribution < -0.4 is 5.32 Å². The Labute approximate surface area is 235 Å². The summed E-state index contributed by atoms with van der Waals surface area (Å²) in [5.41, 5.74) is 5.96. The van der Waals surface area contributed by atoms with Crippen LogP contribution in [0.2, 0.25) is 0 Å². The van der Waals surface area contributed by atoms with E-state index in [2.05, 4.69) is 22.9 Å². The second-order valence-corrected chi connectivity index (χ2v) is 9.82. The van der Waals surface area contributed by atoms with Crippen LogP contribution in [0.25, 0.3) is 22.2 Å². The van der Waals surface area contributed by atoms with E-state index in [9.17, 15) is 9.59 Å². The summed E-state index contributed by atoms with van der Waals surface area (Å²) < 4.78 is 5.58. The third-order valence-electron chi connectivity index (χ3n) is 6.62. The van der Waals surface area contributed by atoms with Crippen molar-refractivity contribution in [1.82, 2.24) is 14.9 Å². The van der Waals surface area contributed by atoms with E-state index in [0.29, 0.717) is 41.2 Å². The highest BCUT2D eigenvalue weighted by Gasteiger charge is 2.17. The highest BCUT2D eigenvalue weighted by atomic mass is 16.5. The fraction of sp³-hybridized carbons (Fsp3) is 0.212. The smallest absolute Gasteiger partial charge is 0.256 e. The van der Waals surface area contributed by atoms with Crippen molar-refractivity contribution in [1.29, 1.82) is 0 Å². The Morgan fingerprint density at radius 3 is 2.52 bits per heavy atom. The highest BCUT2D eigenvalue weighted by molar-refractivity contribution is 6.13. The van der Waals surface area contributed by atoms with Gasteiger partial charge in [-0.2, -0.15) is 0 Å². The van der Waals surface area contributed by atoms with E-state index < -0.39 is 0 Å². The number of nitrogens with one attached hydrogen (secondary N) is 1. The first-order valence-corrected chi connectivity index (χ1v) is 13.1. The lowest BCUT2D eigenvalue weighted by molar-refractivity contribution is 0.0792. The van der Waals surface area contributed by atoms with Crippen LogP contribution in [0.5, 0.6) is 0 Å². The Morgan fingerprint density at radius 1 is 1.10 bits per heavy atom. The quantitative estimate of drug-likeness (QED) is 0.232. The maximum Gasteiger partial charge on any atom is 0.256 e. The number of carbonyl (C=O) groups excluding carboxylic acids is 2. The number of hydrogen-bond acceptors (Lipinski definition) is 5. The van der Waals surface area contributed by atoms with Gasteiger partial charge in [-0.1, -0.05) is 18.2 Å². The molecule has 7 nitrogen and oxygen atoms in total. The predicted octanol–water partition coefficient (Wildman–Crippen LogP) is 7.08. The fourth-order valence-corrected chi connectivity index (χ4v) is 4.38. The molecule has 0 aliphatic carbocycles. The van der Waals surface area contributed by atoms with Crippen LogP contribution in [0.15, 0.2) is 91.2 Å². The molecule has 204 valence electrons. The summed E-state index contributed by atoms with van der Waals surface area (Å²) in [4.78, 5) is 37.2. The van der Waals surface area contributed by atoms with Gasteiger partial charge in [-0.05, 0) is 87.9 Å². The van der Waals surface area contributed by atoms with Gasteiger partial charge in [0.05, 0.1) is 28.3 Å². The molecule has 1 N–H and O–H groups in total. The van der Waals surface area contributed by atoms with Gasteiger partial charge < -0.3 is 15.0 Å². The van der Waals surface area contributed by atoms with E-state index in [4.69, 9.17) is 9.72 Å². The SMILES string of the molecule is C=C(CCN(C)C(=O)c1ccc(NC(=O)c2cc(-c3cccnc3)nc3c(C)cc(C)cc23)cc1)O/C(C)=C\C. The number of hydrogen-bond donors (Lipinski definition) is 1. The summed E-state index contributed by atoms with van der Waals surface area (Å²) in [5, 5.41) is 3.77. The summed E-state index contributed by atoms with van der Waals surface area (Å²) in [6.07, 6.45) is 5.83. The Kier molecular flexibility index (Phi) is 8.74. The van der Waals surface area contributed by atoms with Gasteiger partial charge in [0.2, 0.25) is 0 Å². The third-order valence-corrected chi connectivity index (χ3v) is 6.62. The summed E-state index contributed by atoms with van der Waals surface area (Å²) in [5.74, 6) is 0.998. The Balaban J connectivity index is 1.52. The predicted molar refractivity (Wildman–Crippen MR) is 160 cm³/mol. The van der Waals surface area contributed by atoms with E-state index in [0.717, 1.165) is 33.4 Å². The monoisotopic (exact) mass is 534 g/mol. The minimum Gasteiger partial charge on any atom is -0.467 e. The number of allylic oxidation sites excluding steroid dienone is 2. The normalized spacial score (nSPS) is 11.3. The number of ether oxygens (including phenoxy) is 1. The first kappa shape index (κ1) is 28.2. The molecule has 2 aromatic heterocycles. The van der Waals surface area contributed by atoms with Gasteiger partial charge in [-0.25, -0.2) is 4.98 Å². The summed E-state index contributed by atoms with van der Waals surface area (Å²) in [6.45, 7) is 12.1. The number of benzene rings is 2. The largest absolute Gasteiger partial charge is 0.467 e. The number of carbonyl (C=O) groups is 2. The molecule has 0 atom stereocenters. The molecule has 4 rings (SSSR count). The molecule has 2 heterocycles. The van der Waals surface area contributed by atoms with Gasteiger partial charge in [0.1, 0.15) is 0 Å². The van der Waals surface area contributed by atoms with Crippen LogP contribution in [-0.4, -0.2) is 40.3 Å². The van der Waals surface area contributed by atoms with E-state index in [-0.39, 0.29) is 11.8 Å².